The molecule has 1 aromatic heterocycles. The van der Waals surface area contributed by atoms with Gasteiger partial charge in [0, 0.05) is 6.42 Å². The maximum Gasteiger partial charge on any atom is 0.460 e. The van der Waals surface area contributed by atoms with Gasteiger partial charge < -0.3 is 19.1 Å². The molecule has 0 radical (unpaired) electrons. The Bertz CT molecular complexity index is 1270. The predicted octanol–water partition coefficient (Wildman–Crippen LogP) is 2.09. The summed E-state index contributed by atoms with van der Waals surface area (Å²) in [4.78, 5) is 37.3. The largest absolute Gasteiger partial charge is 0.462 e. The summed E-state index contributed by atoms with van der Waals surface area (Å²) in [6, 6.07) is 6.02. The van der Waals surface area contributed by atoms with Gasteiger partial charge in [-0.3, -0.25) is 23.7 Å². The van der Waals surface area contributed by atoms with Gasteiger partial charge in [0.25, 0.3) is 12.0 Å². The number of aromatic nitrogens is 2. The van der Waals surface area contributed by atoms with Crippen molar-refractivity contribution in [3.63, 3.8) is 0 Å². The van der Waals surface area contributed by atoms with Gasteiger partial charge >= 0.3 is 19.4 Å². The number of nitrogens with zero attached hydrogens (tertiary/aromatic N) is 1. The first kappa shape index (κ1) is 29.6. The predicted molar refractivity (Wildman–Crippen MR) is 125 cm³/mol. The molecule has 0 unspecified atom stereocenters. The zero-order valence-corrected chi connectivity index (χ0v) is 21.3. The number of esters is 1. The Hall–Kier alpha value is -2.97. The van der Waals surface area contributed by atoms with Crippen LogP contribution in [0.2, 0.25) is 0 Å². The fourth-order valence-corrected chi connectivity index (χ4v) is 5.22. The number of rotatable bonds is 11. The lowest BCUT2D eigenvalue weighted by Gasteiger charge is -2.30. The molecule has 1 aromatic carbocycles. The van der Waals surface area contributed by atoms with Crippen molar-refractivity contribution in [2.75, 3.05) is 0 Å². The number of halogens is 3. The minimum Gasteiger partial charge on any atom is -0.462 e. The van der Waals surface area contributed by atoms with Gasteiger partial charge in [0.15, 0.2) is 6.10 Å². The molecule has 2 heterocycles. The van der Waals surface area contributed by atoms with Crippen LogP contribution in [0.3, 0.4) is 0 Å². The monoisotopic (exact) mass is 565 g/mol. The van der Waals surface area contributed by atoms with E-state index in [0.29, 0.717) is 10.8 Å². The molecule has 2 aromatic rings. The number of benzene rings is 1. The Morgan fingerprint density at radius 3 is 2.50 bits per heavy atom. The van der Waals surface area contributed by atoms with Gasteiger partial charge in [0.05, 0.1) is 18.4 Å². The molecular formula is C22H27F3N3O9P. The summed E-state index contributed by atoms with van der Waals surface area (Å²) in [6.07, 6.45) is -11.4. The Labute approximate surface area is 214 Å². The molecule has 1 fully saturated rings. The zero-order chi connectivity index (χ0) is 28.2. The van der Waals surface area contributed by atoms with Crippen LogP contribution in [0.15, 0.2) is 46.1 Å². The Morgan fingerprint density at radius 1 is 1.24 bits per heavy atom. The van der Waals surface area contributed by atoms with E-state index in [4.69, 9.17) is 18.5 Å². The summed E-state index contributed by atoms with van der Waals surface area (Å²) in [5.74, 6) is -2.27. The topological polar surface area (TPSA) is 158 Å². The number of para-hydroxylation sites is 1. The zero-order valence-electron chi connectivity index (χ0n) is 20.5. The van der Waals surface area contributed by atoms with Crippen molar-refractivity contribution in [2.24, 2.45) is 0 Å². The molecule has 1 aliphatic heterocycles. The van der Waals surface area contributed by atoms with Crippen LogP contribution in [0.5, 0.6) is 5.75 Å². The van der Waals surface area contributed by atoms with Gasteiger partial charge in [-0.15, -0.1) is 0 Å². The van der Waals surface area contributed by atoms with Gasteiger partial charge in [-0.1, -0.05) is 18.2 Å². The Kier molecular flexibility index (Phi) is 9.54. The van der Waals surface area contributed by atoms with Crippen molar-refractivity contribution >= 4 is 13.7 Å². The van der Waals surface area contributed by atoms with Crippen LogP contribution < -0.4 is 20.9 Å². The number of H-pyrrole nitrogens is 1. The first-order valence-corrected chi connectivity index (χ1v) is 13.0. The van der Waals surface area contributed by atoms with E-state index in [0.717, 1.165) is 0 Å². The van der Waals surface area contributed by atoms with Gasteiger partial charge in [-0.05, 0) is 32.9 Å². The number of nitrogens with one attached hydrogen (secondary N) is 2. The fraction of sp³-hybridized carbons (Fsp3) is 0.500. The minimum absolute atomic E-state index is 0.0539. The third-order valence-electron chi connectivity index (χ3n) is 5.23. The maximum atomic E-state index is 14.2. The maximum absolute atomic E-state index is 14.2. The smallest absolute Gasteiger partial charge is 0.460 e. The van der Waals surface area contributed by atoms with E-state index in [9.17, 15) is 37.2 Å². The van der Waals surface area contributed by atoms with E-state index in [1.807, 2.05) is 0 Å². The lowest BCUT2D eigenvalue weighted by atomic mass is 10.1. The summed E-state index contributed by atoms with van der Waals surface area (Å²) >= 11 is 0. The quantitative estimate of drug-likeness (QED) is 0.272. The van der Waals surface area contributed by atoms with Crippen molar-refractivity contribution in [3.8, 4) is 5.75 Å². The van der Waals surface area contributed by atoms with E-state index in [1.54, 1.807) is 24.9 Å². The molecule has 0 aliphatic carbocycles. The van der Waals surface area contributed by atoms with Crippen LogP contribution in [0.25, 0.3) is 0 Å². The molecule has 38 heavy (non-hydrogen) atoms. The number of alkyl halides is 2. The normalized spacial score (nSPS) is 22.7. The van der Waals surface area contributed by atoms with Crippen LogP contribution >= 0.6 is 7.75 Å². The van der Waals surface area contributed by atoms with Crippen LogP contribution in [-0.2, 0) is 23.4 Å². The molecule has 210 valence electrons. The third kappa shape index (κ3) is 7.32. The molecular weight excluding hydrogens is 538 g/mol. The molecule has 16 heteroatoms. The van der Waals surface area contributed by atoms with Crippen molar-refractivity contribution in [1.29, 1.82) is 0 Å². The minimum atomic E-state index is -4.80. The number of hydrogen-bond donors (Lipinski definition) is 3. The van der Waals surface area contributed by atoms with Crippen LogP contribution in [-0.4, -0.2) is 57.5 Å². The number of ether oxygens (including phenoxy) is 2. The van der Waals surface area contributed by atoms with Crippen LogP contribution in [0.1, 0.15) is 33.4 Å². The van der Waals surface area contributed by atoms with E-state index < -0.39 is 80.3 Å². The first-order valence-electron chi connectivity index (χ1n) is 11.4. The molecule has 12 nitrogen and oxygen atoms in total. The van der Waals surface area contributed by atoms with Gasteiger partial charge in [-0.2, -0.15) is 9.48 Å². The van der Waals surface area contributed by atoms with E-state index in [-0.39, 0.29) is 5.75 Å². The molecule has 6 atom stereocenters. The van der Waals surface area contributed by atoms with E-state index >= 15 is 0 Å². The molecule has 3 rings (SSSR count). The SMILES string of the molecule is CC(C)OC(=O)[C@H](C)N[P@](=O)(Oc1ccccc1)O[C@H](C(F)F)[C@H]1O[C@@H](n2cc(F)c(=O)[nH]c2=O)C[C@@H]1O. The molecule has 0 spiro atoms. The number of carbonyl (C=O) groups excluding carboxylic acids is 1. The number of carbonyl (C=O) groups is 1. The fourth-order valence-electron chi connectivity index (χ4n) is 3.55. The molecule has 1 aliphatic rings. The van der Waals surface area contributed by atoms with Gasteiger partial charge in [0.1, 0.15) is 24.1 Å². The molecule has 3 N–H and O–H groups in total. The van der Waals surface area contributed by atoms with Crippen molar-refractivity contribution in [1.82, 2.24) is 14.6 Å². The summed E-state index contributed by atoms with van der Waals surface area (Å²) < 4.78 is 77.3. The highest BCUT2D eigenvalue weighted by Crippen LogP contribution is 2.49. The molecule has 1 saturated heterocycles. The van der Waals surface area contributed by atoms with Crippen molar-refractivity contribution < 1.29 is 46.2 Å². The average Bonchev–Trinajstić information content (AvgIpc) is 3.20. The lowest BCUT2D eigenvalue weighted by molar-refractivity contribution is -0.149. The van der Waals surface area contributed by atoms with E-state index in [1.165, 1.54) is 31.2 Å². The lowest BCUT2D eigenvalue weighted by Crippen LogP contribution is -2.44. The second-order valence-corrected chi connectivity index (χ2v) is 10.3. The number of aliphatic hydroxyl groups is 1. The number of aliphatic hydroxyl groups excluding tert-OH is 1. The summed E-state index contributed by atoms with van der Waals surface area (Å²) in [7, 11) is -4.80. The highest BCUT2D eigenvalue weighted by atomic mass is 31.2. The number of hydrogen-bond acceptors (Lipinski definition) is 9. The summed E-state index contributed by atoms with van der Waals surface area (Å²) in [6.45, 7) is 4.40. The Balaban J connectivity index is 1.89. The van der Waals surface area contributed by atoms with Gasteiger partial charge in [0.2, 0.25) is 5.82 Å². The van der Waals surface area contributed by atoms with E-state index in [2.05, 4.69) is 5.09 Å². The number of aromatic amines is 1. The third-order valence-corrected chi connectivity index (χ3v) is 6.91. The highest BCUT2D eigenvalue weighted by Gasteiger charge is 2.49. The second kappa shape index (κ2) is 12.3. The van der Waals surface area contributed by atoms with Crippen molar-refractivity contribution in [2.45, 2.75) is 70.3 Å². The van der Waals surface area contributed by atoms with Crippen molar-refractivity contribution in [3.05, 3.63) is 63.2 Å². The summed E-state index contributed by atoms with van der Waals surface area (Å²) in [5, 5.41) is 12.7. The van der Waals surface area contributed by atoms with Crippen LogP contribution in [0.4, 0.5) is 13.2 Å². The molecule has 0 amide bonds. The standard InChI is InChI=1S/C22H27F3N3O9P/c1-11(2)34-21(31)12(3)27-38(33,36-13-7-5-4-6-8-13)37-18(19(24)25)17-15(29)9-16(35-17)28-10-14(23)20(30)26-22(28)32/h4-8,10-12,15-19,29H,9H2,1-3H3,(H,27,33)(H,26,30,32)/t12-,15-,16+,17-,18-,38-/m0/s1. The van der Waals surface area contributed by atoms with Gasteiger partial charge in [-0.25, -0.2) is 18.1 Å². The second-order valence-electron chi connectivity index (χ2n) is 8.64. The summed E-state index contributed by atoms with van der Waals surface area (Å²) in [5.41, 5.74) is -2.41. The molecule has 0 saturated carbocycles. The Morgan fingerprint density at radius 2 is 1.89 bits per heavy atom. The average molecular weight is 565 g/mol. The molecule has 0 bridgehead atoms. The van der Waals surface area contributed by atoms with Crippen LogP contribution in [0, 0.1) is 5.82 Å². The highest BCUT2D eigenvalue weighted by molar-refractivity contribution is 7.52. The first-order chi connectivity index (χ1) is 17.8.